The number of aryl methyl sites for hydroxylation is 1. The first-order valence-corrected chi connectivity index (χ1v) is 8.15. The molecule has 0 saturated carbocycles. The first-order chi connectivity index (χ1) is 11.5. The average molecular weight is 406 g/mol. The quantitative estimate of drug-likeness (QED) is 0.577. The van der Waals surface area contributed by atoms with E-state index in [9.17, 15) is 10.1 Å². The van der Waals surface area contributed by atoms with E-state index in [0.29, 0.717) is 22.0 Å². The van der Waals surface area contributed by atoms with Gasteiger partial charge in [0.2, 0.25) is 0 Å². The Balaban J connectivity index is 2.38. The summed E-state index contributed by atoms with van der Waals surface area (Å²) in [6, 6.07) is 12.7. The van der Waals surface area contributed by atoms with E-state index >= 15 is 0 Å². The van der Waals surface area contributed by atoms with Gasteiger partial charge in [-0.3, -0.25) is 4.79 Å². The van der Waals surface area contributed by atoms with Gasteiger partial charge in [0.25, 0.3) is 5.91 Å². The molecule has 0 saturated heterocycles. The van der Waals surface area contributed by atoms with Gasteiger partial charge in [0.1, 0.15) is 17.4 Å². The zero-order valence-corrected chi connectivity index (χ0v) is 15.4. The van der Waals surface area contributed by atoms with Crippen LogP contribution in [0.4, 0.5) is 5.69 Å². The van der Waals surface area contributed by atoms with E-state index in [2.05, 4.69) is 21.2 Å². The number of para-hydroxylation sites is 1. The molecule has 0 heterocycles. The fourth-order valence-corrected chi connectivity index (χ4v) is 3.02. The van der Waals surface area contributed by atoms with Crippen molar-refractivity contribution in [3.63, 3.8) is 0 Å². The van der Waals surface area contributed by atoms with E-state index < -0.39 is 5.91 Å². The van der Waals surface area contributed by atoms with Crippen LogP contribution >= 0.6 is 27.5 Å². The Morgan fingerprint density at radius 2 is 2.08 bits per heavy atom. The normalized spacial score (nSPS) is 10.9. The number of anilines is 1. The van der Waals surface area contributed by atoms with Gasteiger partial charge < -0.3 is 10.1 Å². The molecule has 0 aliphatic rings. The number of halogens is 2. The summed E-state index contributed by atoms with van der Waals surface area (Å²) >= 11 is 9.46. The second-order valence-electron chi connectivity index (χ2n) is 4.95. The number of methoxy groups -OCH3 is 1. The SMILES string of the molecule is COc1c(Cl)cc(Br)cc1/C=C(\C#N)C(=O)Nc1ccccc1C. The van der Waals surface area contributed by atoms with Crippen molar-refractivity contribution in [3.05, 3.63) is 62.6 Å². The smallest absolute Gasteiger partial charge is 0.266 e. The zero-order chi connectivity index (χ0) is 17.7. The van der Waals surface area contributed by atoms with Gasteiger partial charge in [0.05, 0.1) is 12.1 Å². The molecule has 122 valence electrons. The first-order valence-electron chi connectivity index (χ1n) is 6.98. The zero-order valence-electron chi connectivity index (χ0n) is 13.1. The molecule has 0 atom stereocenters. The van der Waals surface area contributed by atoms with Crippen molar-refractivity contribution in [3.8, 4) is 11.8 Å². The molecule has 0 unspecified atom stereocenters. The third-order valence-corrected chi connectivity index (χ3v) is 4.04. The standard InChI is InChI=1S/C18H14BrClN2O2/c1-11-5-3-4-6-16(11)22-18(23)13(10-21)7-12-8-14(19)9-15(20)17(12)24-2/h3-9H,1-2H3,(H,22,23)/b13-7+. The molecular formula is C18H14BrClN2O2. The highest BCUT2D eigenvalue weighted by Gasteiger charge is 2.14. The Hall–Kier alpha value is -2.29. The average Bonchev–Trinajstić information content (AvgIpc) is 2.54. The number of nitrogens with one attached hydrogen (secondary N) is 1. The molecule has 1 amide bonds. The summed E-state index contributed by atoms with van der Waals surface area (Å²) in [4.78, 5) is 12.4. The van der Waals surface area contributed by atoms with Crippen LogP contribution in [0.3, 0.4) is 0 Å². The molecule has 0 bridgehead atoms. The fraction of sp³-hybridized carbons (Fsp3) is 0.111. The van der Waals surface area contributed by atoms with Gasteiger partial charge >= 0.3 is 0 Å². The van der Waals surface area contributed by atoms with Crippen molar-refractivity contribution in [1.82, 2.24) is 0 Å². The third kappa shape index (κ3) is 4.16. The summed E-state index contributed by atoms with van der Waals surface area (Å²) in [6.45, 7) is 1.88. The molecule has 2 aromatic carbocycles. The lowest BCUT2D eigenvalue weighted by Gasteiger charge is -2.10. The highest BCUT2D eigenvalue weighted by molar-refractivity contribution is 9.10. The predicted molar refractivity (Wildman–Crippen MR) is 99.1 cm³/mol. The Morgan fingerprint density at radius 1 is 1.38 bits per heavy atom. The van der Waals surface area contributed by atoms with Crippen LogP contribution in [-0.2, 0) is 4.79 Å². The molecule has 6 heteroatoms. The van der Waals surface area contributed by atoms with Crippen LogP contribution in [0.15, 0.2) is 46.4 Å². The molecule has 24 heavy (non-hydrogen) atoms. The van der Waals surface area contributed by atoms with Crippen molar-refractivity contribution in [1.29, 1.82) is 5.26 Å². The summed E-state index contributed by atoms with van der Waals surface area (Å²) in [7, 11) is 1.48. The molecule has 2 aromatic rings. The molecule has 0 aliphatic heterocycles. The maximum Gasteiger partial charge on any atom is 0.266 e. The lowest BCUT2D eigenvalue weighted by molar-refractivity contribution is -0.112. The third-order valence-electron chi connectivity index (χ3n) is 3.30. The number of hydrogen-bond donors (Lipinski definition) is 1. The number of nitriles is 1. The minimum absolute atomic E-state index is 0.0503. The van der Waals surface area contributed by atoms with Gasteiger partial charge in [0.15, 0.2) is 0 Å². The number of amides is 1. The number of hydrogen-bond acceptors (Lipinski definition) is 3. The second kappa shape index (κ2) is 8.00. The number of nitrogens with zero attached hydrogens (tertiary/aromatic N) is 1. The summed E-state index contributed by atoms with van der Waals surface area (Å²) in [5.74, 6) is -0.0961. The molecule has 1 N–H and O–H groups in total. The fourth-order valence-electron chi connectivity index (χ4n) is 2.11. The summed E-state index contributed by atoms with van der Waals surface area (Å²) in [5, 5.41) is 12.5. The van der Waals surface area contributed by atoms with E-state index in [-0.39, 0.29) is 5.57 Å². The highest BCUT2D eigenvalue weighted by Crippen LogP contribution is 2.33. The monoisotopic (exact) mass is 404 g/mol. The van der Waals surface area contributed by atoms with Gasteiger partial charge in [-0.2, -0.15) is 5.26 Å². The molecule has 0 aromatic heterocycles. The van der Waals surface area contributed by atoms with Crippen LogP contribution in [0, 0.1) is 18.3 Å². The lowest BCUT2D eigenvalue weighted by Crippen LogP contribution is -2.14. The van der Waals surface area contributed by atoms with Gasteiger partial charge in [-0.1, -0.05) is 45.7 Å². The van der Waals surface area contributed by atoms with Crippen LogP contribution in [0.1, 0.15) is 11.1 Å². The summed E-state index contributed by atoms with van der Waals surface area (Å²) in [6.07, 6.45) is 1.45. The van der Waals surface area contributed by atoms with Crippen molar-refractivity contribution < 1.29 is 9.53 Å². The minimum Gasteiger partial charge on any atom is -0.495 e. The van der Waals surface area contributed by atoms with Crippen LogP contribution in [-0.4, -0.2) is 13.0 Å². The minimum atomic E-state index is -0.495. The Labute approximate surface area is 153 Å². The van der Waals surface area contributed by atoms with Gasteiger partial charge in [-0.15, -0.1) is 0 Å². The molecule has 0 radical (unpaired) electrons. The van der Waals surface area contributed by atoms with Gasteiger partial charge in [-0.05, 0) is 36.8 Å². The van der Waals surface area contributed by atoms with Crippen molar-refractivity contribution in [2.45, 2.75) is 6.92 Å². The molecule has 2 rings (SSSR count). The largest absolute Gasteiger partial charge is 0.495 e. The Bertz CT molecular complexity index is 857. The van der Waals surface area contributed by atoms with Crippen LogP contribution < -0.4 is 10.1 Å². The van der Waals surface area contributed by atoms with Gasteiger partial charge in [0, 0.05) is 15.7 Å². The number of rotatable bonds is 4. The molecule has 0 fully saturated rings. The Kier molecular flexibility index (Phi) is 6.02. The van der Waals surface area contributed by atoms with Crippen molar-refractivity contribution >= 4 is 45.2 Å². The first kappa shape index (κ1) is 18.1. The van der Waals surface area contributed by atoms with Gasteiger partial charge in [-0.25, -0.2) is 0 Å². The maximum absolute atomic E-state index is 12.4. The number of benzene rings is 2. The van der Waals surface area contributed by atoms with E-state index in [1.165, 1.54) is 13.2 Å². The summed E-state index contributed by atoms with van der Waals surface area (Å²) < 4.78 is 5.97. The molecular weight excluding hydrogens is 392 g/mol. The molecule has 0 aliphatic carbocycles. The number of carbonyl (C=O) groups excluding carboxylic acids is 1. The van der Waals surface area contributed by atoms with E-state index in [4.69, 9.17) is 16.3 Å². The molecule has 4 nitrogen and oxygen atoms in total. The number of ether oxygens (including phenoxy) is 1. The predicted octanol–water partition coefficient (Wildman–Crippen LogP) is 4.97. The van der Waals surface area contributed by atoms with E-state index in [0.717, 1.165) is 10.0 Å². The van der Waals surface area contributed by atoms with Crippen molar-refractivity contribution in [2.75, 3.05) is 12.4 Å². The summed E-state index contributed by atoms with van der Waals surface area (Å²) in [5.41, 5.74) is 2.05. The Morgan fingerprint density at radius 3 is 2.71 bits per heavy atom. The van der Waals surface area contributed by atoms with Crippen LogP contribution in [0.2, 0.25) is 5.02 Å². The topological polar surface area (TPSA) is 62.1 Å². The highest BCUT2D eigenvalue weighted by atomic mass is 79.9. The molecule has 0 spiro atoms. The van der Waals surface area contributed by atoms with E-state index in [1.807, 2.05) is 31.2 Å². The van der Waals surface area contributed by atoms with E-state index in [1.54, 1.807) is 18.2 Å². The van der Waals surface area contributed by atoms with Crippen LogP contribution in [0.25, 0.3) is 6.08 Å². The van der Waals surface area contributed by atoms with Crippen molar-refractivity contribution in [2.24, 2.45) is 0 Å². The number of carbonyl (C=O) groups is 1. The lowest BCUT2D eigenvalue weighted by atomic mass is 10.1. The maximum atomic E-state index is 12.4. The second-order valence-corrected chi connectivity index (χ2v) is 6.27. The van der Waals surface area contributed by atoms with Crippen LogP contribution in [0.5, 0.6) is 5.75 Å².